The van der Waals surface area contributed by atoms with E-state index in [4.69, 9.17) is 15.0 Å². The van der Waals surface area contributed by atoms with E-state index in [0.717, 1.165) is 38.9 Å². The van der Waals surface area contributed by atoms with Crippen molar-refractivity contribution in [1.82, 2.24) is 15.0 Å². The van der Waals surface area contributed by atoms with Crippen LogP contribution < -0.4 is 0 Å². The van der Waals surface area contributed by atoms with Crippen molar-refractivity contribution >= 4 is 42.3 Å². The molecular weight excluding hydrogens is 735 g/mol. The lowest BCUT2D eigenvalue weighted by molar-refractivity contribution is 1.07. The number of fused-ring (bicyclic) bond motifs is 4. The maximum absolute atomic E-state index is 5.08. The summed E-state index contributed by atoms with van der Waals surface area (Å²) < 4.78 is 2.67. The van der Waals surface area contributed by atoms with Gasteiger partial charge in [-0.05, 0) is 73.5 Å². The van der Waals surface area contributed by atoms with Crippen molar-refractivity contribution in [3.63, 3.8) is 0 Å². The predicted octanol–water partition coefficient (Wildman–Crippen LogP) is 15.1. The van der Waals surface area contributed by atoms with Crippen molar-refractivity contribution in [2.75, 3.05) is 0 Å². The molecule has 0 bridgehead atoms. The molecule has 4 heteroatoms. The zero-order valence-corrected chi connectivity index (χ0v) is 32.8. The average Bonchev–Trinajstić information content (AvgIpc) is 3.71. The Labute approximate surface area is 346 Å². The van der Waals surface area contributed by atoms with Gasteiger partial charge in [0.15, 0.2) is 17.5 Å². The molecule has 276 valence electrons. The summed E-state index contributed by atoms with van der Waals surface area (Å²) in [5.74, 6) is 1.93. The Balaban J connectivity index is 0.884. The minimum atomic E-state index is 0.638. The number of thiophene rings is 1. The standard InChI is InChI=1S/C55H35N3S/c1-3-12-38(13-4-1)46-16-7-8-18-50(46)55-57-53(40-14-5-2-6-15-40)56-54(58-55)41-28-24-37(25-29-41)43-31-33-44-34-42(30-32-45(44)35-43)36-22-26-39(27-23-36)47-19-11-20-49-48-17-9-10-21-51(48)59-52(47)49/h1-35H. The Kier molecular flexibility index (Phi) is 8.68. The normalized spacial score (nSPS) is 11.4. The molecule has 0 aliphatic heterocycles. The first-order chi connectivity index (χ1) is 29.2. The Morgan fingerprint density at radius 2 is 0.712 bits per heavy atom. The second-order valence-corrected chi connectivity index (χ2v) is 15.8. The van der Waals surface area contributed by atoms with E-state index in [1.807, 2.05) is 53.8 Å². The van der Waals surface area contributed by atoms with Gasteiger partial charge in [-0.25, -0.2) is 15.0 Å². The van der Waals surface area contributed by atoms with Gasteiger partial charge >= 0.3 is 0 Å². The topological polar surface area (TPSA) is 38.7 Å². The van der Waals surface area contributed by atoms with Crippen molar-refractivity contribution in [2.45, 2.75) is 0 Å². The predicted molar refractivity (Wildman–Crippen MR) is 248 cm³/mol. The van der Waals surface area contributed by atoms with Crippen LogP contribution >= 0.6 is 11.3 Å². The van der Waals surface area contributed by atoms with E-state index in [1.54, 1.807) is 0 Å². The molecule has 0 unspecified atom stereocenters. The molecule has 59 heavy (non-hydrogen) atoms. The van der Waals surface area contributed by atoms with Gasteiger partial charge in [0.2, 0.25) is 0 Å². The molecule has 0 aliphatic rings. The maximum Gasteiger partial charge on any atom is 0.164 e. The van der Waals surface area contributed by atoms with Crippen molar-refractivity contribution in [3.05, 3.63) is 212 Å². The van der Waals surface area contributed by atoms with E-state index in [-0.39, 0.29) is 0 Å². The highest BCUT2D eigenvalue weighted by molar-refractivity contribution is 7.26. The molecule has 0 radical (unpaired) electrons. The Hall–Kier alpha value is -7.53. The number of nitrogens with zero attached hydrogens (tertiary/aromatic N) is 3. The van der Waals surface area contributed by atoms with Crippen molar-refractivity contribution in [1.29, 1.82) is 0 Å². The largest absolute Gasteiger partial charge is 0.208 e. The minimum Gasteiger partial charge on any atom is -0.208 e. The van der Waals surface area contributed by atoms with Crippen molar-refractivity contribution in [2.24, 2.45) is 0 Å². The quantitative estimate of drug-likeness (QED) is 0.162. The summed E-state index contributed by atoms with van der Waals surface area (Å²) in [4.78, 5) is 15.1. The first-order valence-electron chi connectivity index (χ1n) is 19.8. The molecule has 2 heterocycles. The molecule has 0 N–H and O–H groups in total. The number of aromatic nitrogens is 3. The molecule has 11 rings (SSSR count). The van der Waals surface area contributed by atoms with E-state index in [1.165, 1.54) is 53.2 Å². The summed E-state index contributed by atoms with van der Waals surface area (Å²) in [5.41, 5.74) is 12.3. The fourth-order valence-corrected chi connectivity index (χ4v) is 9.36. The van der Waals surface area contributed by atoms with Gasteiger partial charge in [-0.2, -0.15) is 0 Å². The van der Waals surface area contributed by atoms with Gasteiger partial charge in [-0.1, -0.05) is 194 Å². The van der Waals surface area contributed by atoms with Crippen LogP contribution in [0, 0.1) is 0 Å². The molecule has 2 aromatic heterocycles. The second kappa shape index (κ2) is 14.8. The monoisotopic (exact) mass is 769 g/mol. The van der Waals surface area contributed by atoms with Gasteiger partial charge in [0.05, 0.1) is 0 Å². The van der Waals surface area contributed by atoms with Crippen LogP contribution in [0.5, 0.6) is 0 Å². The van der Waals surface area contributed by atoms with Crippen LogP contribution in [-0.4, -0.2) is 15.0 Å². The summed E-state index contributed by atoms with van der Waals surface area (Å²) in [6.45, 7) is 0. The smallest absolute Gasteiger partial charge is 0.164 e. The molecule has 0 aliphatic carbocycles. The van der Waals surface area contributed by atoms with Gasteiger partial charge in [0.1, 0.15) is 0 Å². The number of hydrogen-bond acceptors (Lipinski definition) is 4. The van der Waals surface area contributed by atoms with E-state index in [0.29, 0.717) is 17.5 Å². The summed E-state index contributed by atoms with van der Waals surface area (Å²) in [5, 5.41) is 5.07. The van der Waals surface area contributed by atoms with Crippen molar-refractivity contribution < 1.29 is 0 Å². The molecule has 3 nitrogen and oxygen atoms in total. The van der Waals surface area contributed by atoms with Gasteiger partial charge in [-0.3, -0.25) is 0 Å². The SMILES string of the molecule is c1ccc(-c2nc(-c3ccc(-c4ccc5cc(-c6ccc(-c7cccc8c7sc7ccccc78)cc6)ccc5c4)cc3)nc(-c3ccccc3-c3ccccc3)n2)cc1. The summed E-state index contributed by atoms with van der Waals surface area (Å²) in [6, 6.07) is 75.2. The molecule has 0 saturated heterocycles. The summed E-state index contributed by atoms with van der Waals surface area (Å²) in [6.07, 6.45) is 0. The minimum absolute atomic E-state index is 0.638. The number of benzene rings is 9. The molecular formula is C55H35N3S. The fourth-order valence-electron chi connectivity index (χ4n) is 8.12. The van der Waals surface area contributed by atoms with Gasteiger partial charge < -0.3 is 0 Å². The maximum atomic E-state index is 5.08. The van der Waals surface area contributed by atoms with Gasteiger partial charge in [-0.15, -0.1) is 11.3 Å². The van der Waals surface area contributed by atoms with Crippen LogP contribution in [0.3, 0.4) is 0 Å². The van der Waals surface area contributed by atoms with Crippen LogP contribution in [0.4, 0.5) is 0 Å². The molecule has 0 spiro atoms. The van der Waals surface area contributed by atoms with Crippen LogP contribution in [0.1, 0.15) is 0 Å². The average molecular weight is 770 g/mol. The fraction of sp³-hybridized carbons (Fsp3) is 0. The number of rotatable bonds is 7. The Morgan fingerprint density at radius 1 is 0.271 bits per heavy atom. The van der Waals surface area contributed by atoms with E-state index in [2.05, 4.69) is 170 Å². The Morgan fingerprint density at radius 3 is 1.37 bits per heavy atom. The third kappa shape index (κ3) is 6.56. The second-order valence-electron chi connectivity index (χ2n) is 14.8. The van der Waals surface area contributed by atoms with Gasteiger partial charge in [0.25, 0.3) is 0 Å². The third-order valence-corrected chi connectivity index (χ3v) is 12.4. The van der Waals surface area contributed by atoms with Crippen LogP contribution in [0.2, 0.25) is 0 Å². The summed E-state index contributed by atoms with van der Waals surface area (Å²) >= 11 is 1.88. The van der Waals surface area contributed by atoms with Crippen LogP contribution in [0.25, 0.3) is 110 Å². The molecule has 0 saturated carbocycles. The first-order valence-corrected chi connectivity index (χ1v) is 20.7. The van der Waals surface area contributed by atoms with Crippen LogP contribution in [-0.2, 0) is 0 Å². The molecule has 9 aromatic carbocycles. The summed E-state index contributed by atoms with van der Waals surface area (Å²) in [7, 11) is 0. The van der Waals surface area contributed by atoms with E-state index < -0.39 is 0 Å². The van der Waals surface area contributed by atoms with E-state index in [9.17, 15) is 0 Å². The highest BCUT2D eigenvalue weighted by Crippen LogP contribution is 2.40. The third-order valence-electron chi connectivity index (χ3n) is 11.2. The lowest BCUT2D eigenvalue weighted by Gasteiger charge is -2.12. The lowest BCUT2D eigenvalue weighted by atomic mass is 9.96. The molecule has 11 aromatic rings. The molecule has 0 fully saturated rings. The van der Waals surface area contributed by atoms with E-state index >= 15 is 0 Å². The van der Waals surface area contributed by atoms with Gasteiger partial charge in [0, 0.05) is 36.9 Å². The highest BCUT2D eigenvalue weighted by Gasteiger charge is 2.16. The number of hydrogen-bond donors (Lipinski definition) is 0. The Bertz CT molecular complexity index is 3300. The zero-order chi connectivity index (χ0) is 39.1. The van der Waals surface area contributed by atoms with Crippen molar-refractivity contribution in [3.8, 4) is 78.7 Å². The zero-order valence-electron chi connectivity index (χ0n) is 32.0. The highest BCUT2D eigenvalue weighted by atomic mass is 32.1. The first kappa shape index (κ1) is 34.7. The molecule has 0 atom stereocenters. The van der Waals surface area contributed by atoms with Crippen LogP contribution in [0.15, 0.2) is 212 Å². The lowest BCUT2D eigenvalue weighted by Crippen LogP contribution is -2.01. The molecule has 0 amide bonds.